The number of carbonyl (C=O) groups excluding carboxylic acids is 1. The molecule has 0 saturated heterocycles. The normalized spacial score (nSPS) is 10.6. The van der Waals surface area contributed by atoms with Crippen LogP contribution in [0, 0.1) is 0 Å². The van der Waals surface area contributed by atoms with Crippen LogP contribution in [0.2, 0.25) is 5.02 Å². The van der Waals surface area contributed by atoms with Gasteiger partial charge in [-0.2, -0.15) is 0 Å². The average Bonchev–Trinajstić information content (AvgIpc) is 2.59. The highest BCUT2D eigenvalue weighted by Gasteiger charge is 2.07. The zero-order valence-corrected chi connectivity index (χ0v) is 15.1. The number of hydrogen-bond donors (Lipinski definition) is 1. The van der Waals surface area contributed by atoms with Crippen LogP contribution in [0.25, 0.3) is 10.8 Å². The van der Waals surface area contributed by atoms with Crippen LogP contribution in [0.5, 0.6) is 5.75 Å². The number of nitrogens with one attached hydrogen (secondary N) is 1. The molecule has 0 unspecified atom stereocenters. The van der Waals surface area contributed by atoms with Crippen molar-refractivity contribution in [3.63, 3.8) is 0 Å². The fourth-order valence-electron chi connectivity index (χ4n) is 2.43. The molecule has 24 heavy (non-hydrogen) atoms. The Kier molecular flexibility index (Phi) is 5.38. The fourth-order valence-corrected chi connectivity index (χ4v) is 3.16. The third-order valence-electron chi connectivity index (χ3n) is 3.61. The lowest BCUT2D eigenvalue weighted by Gasteiger charge is -2.10. The number of ether oxygens (including phenoxy) is 1. The molecule has 0 aliphatic carbocycles. The van der Waals surface area contributed by atoms with Gasteiger partial charge in [0, 0.05) is 11.0 Å². The van der Waals surface area contributed by atoms with Crippen LogP contribution < -0.4 is 10.1 Å². The van der Waals surface area contributed by atoms with Crippen molar-refractivity contribution in [1.82, 2.24) is 5.32 Å². The van der Waals surface area contributed by atoms with Gasteiger partial charge in [0.2, 0.25) is 0 Å². The molecule has 3 aromatic carbocycles. The summed E-state index contributed by atoms with van der Waals surface area (Å²) in [5.74, 6) is 0.294. The second kappa shape index (κ2) is 7.69. The summed E-state index contributed by atoms with van der Waals surface area (Å²) in [7, 11) is 0. The molecular weight excluding hydrogens is 390 g/mol. The van der Waals surface area contributed by atoms with Gasteiger partial charge in [-0.1, -0.05) is 70.0 Å². The predicted molar refractivity (Wildman–Crippen MR) is 100 cm³/mol. The summed E-state index contributed by atoms with van der Waals surface area (Å²) in [6.45, 7) is 0.379. The first-order chi connectivity index (χ1) is 11.6. The van der Waals surface area contributed by atoms with Crippen molar-refractivity contribution in [2.24, 2.45) is 0 Å². The first-order valence-corrected chi connectivity index (χ1v) is 8.62. The lowest BCUT2D eigenvalue weighted by Crippen LogP contribution is -2.28. The van der Waals surface area contributed by atoms with Crippen LogP contribution in [-0.2, 0) is 11.3 Å². The van der Waals surface area contributed by atoms with E-state index >= 15 is 0 Å². The smallest absolute Gasteiger partial charge is 0.258 e. The van der Waals surface area contributed by atoms with Crippen LogP contribution in [0.4, 0.5) is 0 Å². The van der Waals surface area contributed by atoms with Crippen LogP contribution >= 0.6 is 27.5 Å². The first-order valence-electron chi connectivity index (χ1n) is 7.44. The monoisotopic (exact) mass is 403 g/mol. The van der Waals surface area contributed by atoms with Gasteiger partial charge < -0.3 is 10.1 Å². The molecule has 3 nitrogen and oxygen atoms in total. The third-order valence-corrected chi connectivity index (χ3v) is 4.40. The minimum atomic E-state index is -0.193. The van der Waals surface area contributed by atoms with Crippen LogP contribution in [0.3, 0.4) is 0 Å². The van der Waals surface area contributed by atoms with Gasteiger partial charge in [0.15, 0.2) is 6.61 Å². The van der Waals surface area contributed by atoms with Crippen LogP contribution in [0.1, 0.15) is 5.56 Å². The van der Waals surface area contributed by atoms with Gasteiger partial charge in [0.25, 0.3) is 5.91 Å². The Balaban J connectivity index is 1.59. The van der Waals surface area contributed by atoms with E-state index in [9.17, 15) is 4.79 Å². The van der Waals surface area contributed by atoms with Gasteiger partial charge in [-0.3, -0.25) is 4.79 Å². The summed E-state index contributed by atoms with van der Waals surface area (Å²) >= 11 is 9.39. The van der Waals surface area contributed by atoms with Crippen molar-refractivity contribution in [2.45, 2.75) is 6.54 Å². The zero-order chi connectivity index (χ0) is 16.9. The Hall–Kier alpha value is -2.04. The van der Waals surface area contributed by atoms with E-state index in [4.69, 9.17) is 16.3 Å². The summed E-state index contributed by atoms with van der Waals surface area (Å²) in [4.78, 5) is 12.0. The molecule has 0 atom stereocenters. The summed E-state index contributed by atoms with van der Waals surface area (Å²) < 4.78 is 6.33. The first kappa shape index (κ1) is 16.8. The summed E-state index contributed by atoms with van der Waals surface area (Å²) in [5, 5.41) is 5.63. The number of rotatable bonds is 5. The highest BCUT2D eigenvalue weighted by molar-refractivity contribution is 9.10. The van der Waals surface area contributed by atoms with E-state index in [0.29, 0.717) is 17.3 Å². The molecule has 122 valence electrons. The van der Waals surface area contributed by atoms with Gasteiger partial charge in [-0.15, -0.1) is 0 Å². The second-order valence-electron chi connectivity index (χ2n) is 5.28. The maximum atomic E-state index is 12.0. The summed E-state index contributed by atoms with van der Waals surface area (Å²) in [6, 6.07) is 19.4. The van der Waals surface area contributed by atoms with Crippen molar-refractivity contribution in [1.29, 1.82) is 0 Å². The van der Waals surface area contributed by atoms with Gasteiger partial charge in [-0.25, -0.2) is 0 Å². The highest BCUT2D eigenvalue weighted by atomic mass is 79.9. The lowest BCUT2D eigenvalue weighted by molar-refractivity contribution is -0.123. The Morgan fingerprint density at radius 1 is 1.08 bits per heavy atom. The Morgan fingerprint density at radius 3 is 2.71 bits per heavy atom. The minimum absolute atomic E-state index is 0.0773. The average molecular weight is 405 g/mol. The second-order valence-corrected chi connectivity index (χ2v) is 6.60. The van der Waals surface area contributed by atoms with Crippen molar-refractivity contribution >= 4 is 44.2 Å². The van der Waals surface area contributed by atoms with Crippen LogP contribution in [0.15, 0.2) is 65.1 Å². The van der Waals surface area contributed by atoms with Gasteiger partial charge >= 0.3 is 0 Å². The topological polar surface area (TPSA) is 38.3 Å². The molecule has 0 spiro atoms. The number of amides is 1. The van der Waals surface area contributed by atoms with Gasteiger partial charge in [0.05, 0.1) is 5.02 Å². The van der Waals surface area contributed by atoms with E-state index in [2.05, 4.69) is 39.4 Å². The molecule has 3 rings (SSSR count). The van der Waals surface area contributed by atoms with E-state index in [0.717, 1.165) is 20.8 Å². The molecule has 5 heteroatoms. The summed E-state index contributed by atoms with van der Waals surface area (Å²) in [6.07, 6.45) is 0. The predicted octanol–water partition coefficient (Wildman–Crippen LogP) is 4.95. The van der Waals surface area contributed by atoms with Gasteiger partial charge in [-0.05, 0) is 34.5 Å². The maximum Gasteiger partial charge on any atom is 0.258 e. The summed E-state index contributed by atoms with van der Waals surface area (Å²) in [5.41, 5.74) is 1.07. The SMILES string of the molecule is O=C(COc1ccc(Br)cc1Cl)NCc1cccc2ccccc12. The highest BCUT2D eigenvalue weighted by Crippen LogP contribution is 2.27. The van der Waals surface area contributed by atoms with Crippen molar-refractivity contribution in [3.05, 3.63) is 75.7 Å². The molecule has 1 N–H and O–H groups in total. The molecule has 0 fully saturated rings. The van der Waals surface area contributed by atoms with E-state index < -0.39 is 0 Å². The molecule has 1 amide bonds. The van der Waals surface area contributed by atoms with Crippen molar-refractivity contribution in [3.8, 4) is 5.75 Å². The lowest BCUT2D eigenvalue weighted by atomic mass is 10.0. The molecule has 0 saturated carbocycles. The molecular formula is C19H15BrClNO2. The molecule has 0 aromatic heterocycles. The Labute approximate surface area is 153 Å². The largest absolute Gasteiger partial charge is 0.482 e. The zero-order valence-electron chi connectivity index (χ0n) is 12.8. The van der Waals surface area contributed by atoms with Crippen LogP contribution in [-0.4, -0.2) is 12.5 Å². The fraction of sp³-hybridized carbons (Fsp3) is 0.105. The van der Waals surface area contributed by atoms with E-state index in [1.165, 1.54) is 0 Å². The molecule has 0 bridgehead atoms. The number of carbonyl (C=O) groups is 1. The van der Waals surface area contributed by atoms with Crippen molar-refractivity contribution < 1.29 is 9.53 Å². The molecule has 0 heterocycles. The molecule has 0 aliphatic heterocycles. The minimum Gasteiger partial charge on any atom is -0.482 e. The van der Waals surface area contributed by atoms with E-state index in [-0.39, 0.29) is 12.5 Å². The number of benzene rings is 3. The maximum absolute atomic E-state index is 12.0. The molecule has 0 radical (unpaired) electrons. The number of hydrogen-bond acceptors (Lipinski definition) is 2. The number of fused-ring (bicyclic) bond motifs is 1. The number of halogens is 2. The van der Waals surface area contributed by atoms with E-state index in [1.54, 1.807) is 12.1 Å². The molecule has 3 aromatic rings. The Bertz CT molecular complexity index is 877. The van der Waals surface area contributed by atoms with Crippen molar-refractivity contribution in [2.75, 3.05) is 6.61 Å². The third kappa shape index (κ3) is 4.08. The Morgan fingerprint density at radius 2 is 1.88 bits per heavy atom. The van der Waals surface area contributed by atoms with E-state index in [1.807, 2.05) is 30.3 Å². The molecule has 0 aliphatic rings. The standard InChI is InChI=1S/C19H15BrClNO2/c20-15-8-9-18(17(21)10-15)24-12-19(23)22-11-14-6-3-5-13-4-1-2-7-16(13)14/h1-10H,11-12H2,(H,22,23). The quantitative estimate of drug-likeness (QED) is 0.653. The van der Waals surface area contributed by atoms with Gasteiger partial charge in [0.1, 0.15) is 5.75 Å².